The van der Waals surface area contributed by atoms with Crippen molar-refractivity contribution in [2.45, 2.75) is 18.1 Å². The normalized spacial score (nSPS) is 10.3. The molecule has 0 aliphatic carbocycles. The number of halogens is 1. The predicted molar refractivity (Wildman–Crippen MR) is 99.2 cm³/mol. The van der Waals surface area contributed by atoms with E-state index in [4.69, 9.17) is 4.74 Å². The Morgan fingerprint density at radius 2 is 1.85 bits per heavy atom. The Morgan fingerprint density at radius 1 is 1.08 bits per heavy atom. The number of tetrazole rings is 1. The maximum absolute atomic E-state index is 5.16. The first-order chi connectivity index (χ1) is 12.4. The molecule has 0 amide bonds. The van der Waals surface area contributed by atoms with Crippen LogP contribution >= 0.6 is 11.8 Å². The first kappa shape index (κ1) is 20.2. The van der Waals surface area contributed by atoms with Crippen molar-refractivity contribution in [2.75, 3.05) is 19.4 Å². The highest BCUT2D eigenvalue weighted by Crippen LogP contribution is 2.18. The topological polar surface area (TPSA) is 64.9 Å². The fraction of sp³-hybridized carbons (Fsp3) is 0.278. The minimum Gasteiger partial charge on any atom is -1.00 e. The Labute approximate surface area is 163 Å². The van der Waals surface area contributed by atoms with Crippen LogP contribution in [0.3, 0.4) is 0 Å². The smallest absolute Gasteiger partial charge is 0.214 e. The predicted octanol–water partition coefficient (Wildman–Crippen LogP) is -0.0531. The van der Waals surface area contributed by atoms with Crippen molar-refractivity contribution < 1.29 is 17.1 Å². The second-order valence-corrected chi connectivity index (χ2v) is 6.50. The summed E-state index contributed by atoms with van der Waals surface area (Å²) in [6, 6.07) is 18.1. The van der Waals surface area contributed by atoms with Gasteiger partial charge in [0.2, 0.25) is 5.16 Å². The maximum Gasteiger partial charge on any atom is 0.214 e. The van der Waals surface area contributed by atoms with E-state index in [1.807, 2.05) is 42.5 Å². The summed E-state index contributed by atoms with van der Waals surface area (Å²) >= 11 is 1.67. The van der Waals surface area contributed by atoms with Crippen molar-refractivity contribution in [1.29, 1.82) is 0 Å². The summed E-state index contributed by atoms with van der Waals surface area (Å²) in [6.07, 6.45) is 1.04. The van der Waals surface area contributed by atoms with Gasteiger partial charge in [-0.3, -0.25) is 0 Å². The molecular weight excluding hydrogens is 370 g/mol. The van der Waals surface area contributed by atoms with Crippen LogP contribution in [0.1, 0.15) is 12.0 Å². The number of methoxy groups -OCH3 is 1. The van der Waals surface area contributed by atoms with Gasteiger partial charge in [0.05, 0.1) is 12.8 Å². The number of nitrogens with one attached hydrogen (secondary N) is 1. The summed E-state index contributed by atoms with van der Waals surface area (Å²) in [6.45, 7) is 1.81. The van der Waals surface area contributed by atoms with Gasteiger partial charge in [-0.15, -0.1) is 5.10 Å². The van der Waals surface area contributed by atoms with Gasteiger partial charge >= 0.3 is 0 Å². The quantitative estimate of drug-likeness (QED) is 0.408. The molecule has 1 aromatic heterocycles. The first-order valence-electron chi connectivity index (χ1n) is 8.17. The molecule has 0 bridgehead atoms. The van der Waals surface area contributed by atoms with Gasteiger partial charge in [0.15, 0.2) is 0 Å². The number of thioether (sulfide) groups is 1. The van der Waals surface area contributed by atoms with Crippen LogP contribution in [0, 0.1) is 0 Å². The van der Waals surface area contributed by atoms with Gasteiger partial charge in [-0.1, -0.05) is 42.1 Å². The van der Waals surface area contributed by atoms with E-state index in [9.17, 15) is 0 Å². The lowest BCUT2D eigenvalue weighted by Gasteiger charge is -2.06. The maximum atomic E-state index is 5.16. The molecule has 6 nitrogen and oxygen atoms in total. The Bertz CT molecular complexity index is 767. The Kier molecular flexibility index (Phi) is 8.40. The van der Waals surface area contributed by atoms with E-state index in [1.54, 1.807) is 23.6 Å². The van der Waals surface area contributed by atoms with Crippen molar-refractivity contribution in [3.63, 3.8) is 0 Å². The fourth-order valence-electron chi connectivity index (χ4n) is 2.34. The standard InChI is InChI=1S/C18H21N5OS.ClH/c1-24-17-10-8-15(9-11-17)14-19-12-5-13-25-18-20-21-22-23(18)16-6-3-2-4-7-16;/h2-4,6-11,19H,5,12-14H2,1H3;1H/p-1. The second-order valence-electron chi connectivity index (χ2n) is 5.44. The monoisotopic (exact) mass is 390 g/mol. The van der Waals surface area contributed by atoms with Crippen LogP contribution in [-0.4, -0.2) is 39.6 Å². The second kappa shape index (κ2) is 10.8. The lowest BCUT2D eigenvalue weighted by molar-refractivity contribution is -0.00000551. The summed E-state index contributed by atoms with van der Waals surface area (Å²) in [5, 5.41) is 16.2. The van der Waals surface area contributed by atoms with Crippen LogP contribution in [0.5, 0.6) is 5.75 Å². The number of aromatic nitrogens is 4. The first-order valence-corrected chi connectivity index (χ1v) is 9.15. The summed E-state index contributed by atoms with van der Waals surface area (Å²) in [5.41, 5.74) is 2.23. The van der Waals surface area contributed by atoms with E-state index < -0.39 is 0 Å². The van der Waals surface area contributed by atoms with E-state index in [1.165, 1.54) is 5.56 Å². The number of rotatable bonds is 9. The Hall–Kier alpha value is -2.09. The molecule has 0 atom stereocenters. The molecule has 3 rings (SSSR count). The number of benzene rings is 2. The Morgan fingerprint density at radius 3 is 2.58 bits per heavy atom. The van der Waals surface area contributed by atoms with Crippen LogP contribution < -0.4 is 22.5 Å². The molecule has 2 aromatic carbocycles. The van der Waals surface area contributed by atoms with Crippen LogP contribution in [-0.2, 0) is 6.54 Å². The van der Waals surface area contributed by atoms with Gasteiger partial charge in [-0.05, 0) is 53.2 Å². The average Bonchev–Trinajstić information content (AvgIpc) is 3.14. The molecule has 0 radical (unpaired) electrons. The number of nitrogens with zero attached hydrogens (tertiary/aromatic N) is 4. The minimum atomic E-state index is 0. The highest BCUT2D eigenvalue weighted by Gasteiger charge is 2.07. The van der Waals surface area contributed by atoms with Crippen molar-refractivity contribution in [3.8, 4) is 11.4 Å². The summed E-state index contributed by atoms with van der Waals surface area (Å²) in [7, 11) is 1.68. The molecular formula is C18H21ClN5OS-. The highest BCUT2D eigenvalue weighted by molar-refractivity contribution is 7.99. The lowest BCUT2D eigenvalue weighted by Crippen LogP contribution is -3.00. The zero-order valence-electron chi connectivity index (χ0n) is 14.5. The van der Waals surface area contributed by atoms with Crippen LogP contribution in [0.2, 0.25) is 0 Å². The molecule has 3 aromatic rings. The largest absolute Gasteiger partial charge is 1.00 e. The molecule has 8 heteroatoms. The third-order valence-corrected chi connectivity index (χ3v) is 4.66. The van der Waals surface area contributed by atoms with E-state index in [0.29, 0.717) is 0 Å². The third kappa shape index (κ3) is 5.72. The molecule has 1 heterocycles. The molecule has 138 valence electrons. The zero-order valence-corrected chi connectivity index (χ0v) is 16.1. The number of para-hydroxylation sites is 1. The average molecular weight is 391 g/mol. The van der Waals surface area contributed by atoms with Gasteiger partial charge in [-0.2, -0.15) is 4.68 Å². The minimum absolute atomic E-state index is 0. The summed E-state index contributed by atoms with van der Waals surface area (Å²) < 4.78 is 6.94. The van der Waals surface area contributed by atoms with Crippen LogP contribution in [0.4, 0.5) is 0 Å². The molecule has 0 aliphatic rings. The highest BCUT2D eigenvalue weighted by atomic mass is 35.5. The number of ether oxygens (including phenoxy) is 1. The summed E-state index contributed by atoms with van der Waals surface area (Å²) in [5.74, 6) is 1.85. The van der Waals surface area contributed by atoms with Crippen LogP contribution in [0.25, 0.3) is 5.69 Å². The molecule has 0 unspecified atom stereocenters. The van der Waals surface area contributed by atoms with Gasteiger partial charge in [-0.25, -0.2) is 0 Å². The van der Waals surface area contributed by atoms with Crippen molar-refractivity contribution in [2.24, 2.45) is 0 Å². The van der Waals surface area contributed by atoms with Gasteiger partial charge in [0.25, 0.3) is 0 Å². The molecule has 1 N–H and O–H groups in total. The fourth-order valence-corrected chi connectivity index (χ4v) is 3.17. The van der Waals surface area contributed by atoms with Gasteiger partial charge in [0, 0.05) is 12.3 Å². The van der Waals surface area contributed by atoms with E-state index >= 15 is 0 Å². The van der Waals surface area contributed by atoms with Crippen LogP contribution in [0.15, 0.2) is 59.8 Å². The van der Waals surface area contributed by atoms with E-state index in [-0.39, 0.29) is 12.4 Å². The van der Waals surface area contributed by atoms with Gasteiger partial charge < -0.3 is 22.5 Å². The molecule has 0 saturated heterocycles. The Balaban J connectivity index is 0.00000243. The zero-order chi connectivity index (χ0) is 17.3. The lowest BCUT2D eigenvalue weighted by atomic mass is 10.2. The molecule has 0 aliphatic heterocycles. The van der Waals surface area contributed by atoms with E-state index in [2.05, 4.69) is 33.0 Å². The number of hydrogen-bond donors (Lipinski definition) is 1. The summed E-state index contributed by atoms with van der Waals surface area (Å²) in [4.78, 5) is 0. The molecule has 0 spiro atoms. The van der Waals surface area contributed by atoms with Crippen molar-refractivity contribution in [3.05, 3.63) is 60.2 Å². The van der Waals surface area contributed by atoms with Crippen molar-refractivity contribution >= 4 is 11.8 Å². The van der Waals surface area contributed by atoms with E-state index in [0.717, 1.165) is 41.9 Å². The molecule has 26 heavy (non-hydrogen) atoms. The number of hydrogen-bond acceptors (Lipinski definition) is 6. The third-order valence-electron chi connectivity index (χ3n) is 3.66. The SMILES string of the molecule is COc1ccc(CNCCCSc2nnnn2-c2ccccc2)cc1.[Cl-]. The molecule has 0 fully saturated rings. The molecule has 0 saturated carbocycles. The van der Waals surface area contributed by atoms with Gasteiger partial charge in [0.1, 0.15) is 5.75 Å². The van der Waals surface area contributed by atoms with Crippen molar-refractivity contribution in [1.82, 2.24) is 25.5 Å².